The summed E-state index contributed by atoms with van der Waals surface area (Å²) in [5.41, 5.74) is 3.01. The SMILES string of the molecule is Cc1cccnc1C(=O)Nc1cc(C)c2c(OCC3CCOCC3)nccc2c1. The summed E-state index contributed by atoms with van der Waals surface area (Å²) < 4.78 is 11.5. The van der Waals surface area contributed by atoms with Crippen LogP contribution in [0, 0.1) is 19.8 Å². The number of aromatic nitrogens is 2. The standard InChI is InChI=1S/C23H25N3O3/c1-15-4-3-8-24-21(15)22(27)26-19-12-16(2)20-18(13-19)5-9-25-23(20)29-14-17-6-10-28-11-7-17/h3-5,8-9,12-13,17H,6-7,10-11,14H2,1-2H3,(H,26,27). The van der Waals surface area contributed by atoms with E-state index in [-0.39, 0.29) is 5.91 Å². The quantitative estimate of drug-likeness (QED) is 0.702. The fourth-order valence-corrected chi connectivity index (χ4v) is 3.69. The Balaban J connectivity index is 1.55. The van der Waals surface area contributed by atoms with Crippen LogP contribution < -0.4 is 10.1 Å². The molecule has 0 spiro atoms. The number of ether oxygens (including phenoxy) is 2. The van der Waals surface area contributed by atoms with Crippen molar-refractivity contribution < 1.29 is 14.3 Å². The maximum Gasteiger partial charge on any atom is 0.274 e. The first-order valence-corrected chi connectivity index (χ1v) is 9.94. The molecule has 6 nitrogen and oxygen atoms in total. The second kappa shape index (κ2) is 8.57. The number of carbonyl (C=O) groups excluding carboxylic acids is 1. The van der Waals surface area contributed by atoms with Crippen molar-refractivity contribution in [1.29, 1.82) is 0 Å². The summed E-state index contributed by atoms with van der Waals surface area (Å²) in [6.45, 7) is 6.13. The molecule has 4 rings (SSSR count). The van der Waals surface area contributed by atoms with E-state index < -0.39 is 0 Å². The Bertz CT molecular complexity index is 1030. The molecule has 0 radical (unpaired) electrons. The topological polar surface area (TPSA) is 73.3 Å². The van der Waals surface area contributed by atoms with E-state index in [9.17, 15) is 4.79 Å². The first-order chi connectivity index (χ1) is 14.1. The molecular weight excluding hydrogens is 366 g/mol. The second-order valence-electron chi connectivity index (χ2n) is 7.50. The summed E-state index contributed by atoms with van der Waals surface area (Å²) >= 11 is 0. The number of benzene rings is 1. The van der Waals surface area contributed by atoms with Crippen molar-refractivity contribution in [3.8, 4) is 5.88 Å². The molecule has 6 heteroatoms. The van der Waals surface area contributed by atoms with Crippen molar-refractivity contribution in [2.45, 2.75) is 26.7 Å². The number of aryl methyl sites for hydroxylation is 2. The zero-order chi connectivity index (χ0) is 20.2. The highest BCUT2D eigenvalue weighted by Crippen LogP contribution is 2.30. The number of nitrogens with zero attached hydrogens (tertiary/aromatic N) is 2. The average Bonchev–Trinajstić information content (AvgIpc) is 2.73. The van der Waals surface area contributed by atoms with Crippen LogP contribution in [0.1, 0.15) is 34.5 Å². The Labute approximate surface area is 170 Å². The van der Waals surface area contributed by atoms with Crippen LogP contribution in [0.3, 0.4) is 0 Å². The second-order valence-corrected chi connectivity index (χ2v) is 7.50. The number of amides is 1. The molecule has 150 valence electrons. The van der Waals surface area contributed by atoms with Crippen molar-refractivity contribution in [2.75, 3.05) is 25.1 Å². The summed E-state index contributed by atoms with van der Waals surface area (Å²) in [5.74, 6) is 0.929. The van der Waals surface area contributed by atoms with Crippen LogP contribution in [0.5, 0.6) is 5.88 Å². The predicted molar refractivity (Wildman–Crippen MR) is 112 cm³/mol. The van der Waals surface area contributed by atoms with Gasteiger partial charge in [-0.15, -0.1) is 0 Å². The zero-order valence-electron chi connectivity index (χ0n) is 16.8. The molecule has 1 N–H and O–H groups in total. The van der Waals surface area contributed by atoms with Gasteiger partial charge >= 0.3 is 0 Å². The third kappa shape index (κ3) is 4.38. The van der Waals surface area contributed by atoms with E-state index in [2.05, 4.69) is 15.3 Å². The van der Waals surface area contributed by atoms with E-state index >= 15 is 0 Å². The number of carbonyl (C=O) groups is 1. The average molecular weight is 391 g/mol. The highest BCUT2D eigenvalue weighted by molar-refractivity contribution is 6.05. The molecule has 3 heterocycles. The lowest BCUT2D eigenvalue weighted by molar-refractivity contribution is 0.0493. The summed E-state index contributed by atoms with van der Waals surface area (Å²) in [7, 11) is 0. The van der Waals surface area contributed by atoms with Crippen LogP contribution >= 0.6 is 0 Å². The summed E-state index contributed by atoms with van der Waals surface area (Å²) in [5, 5.41) is 4.92. The molecule has 1 aliphatic rings. The number of nitrogens with one attached hydrogen (secondary N) is 1. The first-order valence-electron chi connectivity index (χ1n) is 9.94. The highest BCUT2D eigenvalue weighted by atomic mass is 16.5. The normalized spacial score (nSPS) is 14.7. The minimum absolute atomic E-state index is 0.216. The van der Waals surface area contributed by atoms with E-state index in [0.717, 1.165) is 53.6 Å². The number of hydrogen-bond donors (Lipinski definition) is 1. The van der Waals surface area contributed by atoms with Crippen molar-refractivity contribution in [3.05, 3.63) is 59.5 Å². The van der Waals surface area contributed by atoms with Gasteiger partial charge in [0.05, 0.1) is 6.61 Å². The zero-order valence-corrected chi connectivity index (χ0v) is 16.8. The molecule has 1 amide bonds. The van der Waals surface area contributed by atoms with Gasteiger partial charge in [0.15, 0.2) is 0 Å². The molecule has 3 aromatic rings. The molecule has 1 aromatic carbocycles. The van der Waals surface area contributed by atoms with Crippen LogP contribution in [-0.2, 0) is 4.74 Å². The third-order valence-corrected chi connectivity index (χ3v) is 5.30. The molecule has 1 saturated heterocycles. The maximum atomic E-state index is 12.6. The van der Waals surface area contributed by atoms with E-state index in [0.29, 0.717) is 24.1 Å². The van der Waals surface area contributed by atoms with Crippen LogP contribution in [0.2, 0.25) is 0 Å². The van der Waals surface area contributed by atoms with Crippen molar-refractivity contribution in [1.82, 2.24) is 9.97 Å². The summed E-state index contributed by atoms with van der Waals surface area (Å²) in [6.07, 6.45) is 5.41. The highest BCUT2D eigenvalue weighted by Gasteiger charge is 2.17. The number of pyridine rings is 2. The van der Waals surface area contributed by atoms with Gasteiger partial charge < -0.3 is 14.8 Å². The Hall–Kier alpha value is -2.99. The largest absolute Gasteiger partial charge is 0.477 e. The molecule has 29 heavy (non-hydrogen) atoms. The van der Waals surface area contributed by atoms with Crippen molar-refractivity contribution in [2.24, 2.45) is 5.92 Å². The summed E-state index contributed by atoms with van der Waals surface area (Å²) in [4.78, 5) is 21.2. The molecule has 1 fully saturated rings. The van der Waals surface area contributed by atoms with Crippen LogP contribution in [-0.4, -0.2) is 35.7 Å². The molecule has 1 aliphatic heterocycles. The van der Waals surface area contributed by atoms with Crippen molar-refractivity contribution in [3.63, 3.8) is 0 Å². The molecule has 0 bridgehead atoms. The lowest BCUT2D eigenvalue weighted by Crippen LogP contribution is -2.21. The molecule has 0 saturated carbocycles. The van der Waals surface area contributed by atoms with Gasteiger partial charge in [0.2, 0.25) is 5.88 Å². The minimum atomic E-state index is -0.216. The number of rotatable bonds is 5. The molecule has 0 unspecified atom stereocenters. The van der Waals surface area contributed by atoms with Crippen molar-refractivity contribution >= 4 is 22.4 Å². The maximum absolute atomic E-state index is 12.6. The lowest BCUT2D eigenvalue weighted by atomic mass is 10.0. The number of hydrogen-bond acceptors (Lipinski definition) is 5. The molecular formula is C23H25N3O3. The Morgan fingerprint density at radius 1 is 1.14 bits per heavy atom. The van der Waals surface area contributed by atoms with Gasteiger partial charge in [-0.2, -0.15) is 0 Å². The minimum Gasteiger partial charge on any atom is -0.477 e. The molecule has 0 aliphatic carbocycles. The Morgan fingerprint density at radius 2 is 1.97 bits per heavy atom. The van der Waals surface area contributed by atoms with Gasteiger partial charge in [0.1, 0.15) is 5.69 Å². The Morgan fingerprint density at radius 3 is 2.76 bits per heavy atom. The monoisotopic (exact) mass is 391 g/mol. The number of fused-ring (bicyclic) bond motifs is 1. The van der Waals surface area contributed by atoms with Gasteiger partial charge in [-0.25, -0.2) is 4.98 Å². The molecule has 0 atom stereocenters. The first kappa shape index (κ1) is 19.3. The van der Waals surface area contributed by atoms with E-state index in [1.54, 1.807) is 12.4 Å². The van der Waals surface area contributed by atoms with Crippen LogP contribution in [0.25, 0.3) is 10.8 Å². The Kier molecular flexibility index (Phi) is 5.71. The number of anilines is 1. The van der Waals surface area contributed by atoms with E-state index in [1.807, 2.05) is 44.2 Å². The van der Waals surface area contributed by atoms with Gasteiger partial charge in [-0.05, 0) is 73.4 Å². The lowest BCUT2D eigenvalue weighted by Gasteiger charge is -2.22. The predicted octanol–water partition coefficient (Wildman–Crippen LogP) is 4.30. The fraction of sp³-hybridized carbons (Fsp3) is 0.348. The van der Waals surface area contributed by atoms with E-state index in [4.69, 9.17) is 9.47 Å². The van der Waals surface area contributed by atoms with Gasteiger partial charge in [-0.1, -0.05) is 6.07 Å². The third-order valence-electron chi connectivity index (χ3n) is 5.30. The van der Waals surface area contributed by atoms with E-state index in [1.165, 1.54) is 0 Å². The van der Waals surface area contributed by atoms with Crippen LogP contribution in [0.15, 0.2) is 42.7 Å². The summed E-state index contributed by atoms with van der Waals surface area (Å²) in [6, 6.07) is 9.52. The fourth-order valence-electron chi connectivity index (χ4n) is 3.69. The van der Waals surface area contributed by atoms with Gasteiger partial charge in [0, 0.05) is 36.7 Å². The smallest absolute Gasteiger partial charge is 0.274 e. The van der Waals surface area contributed by atoms with Gasteiger partial charge in [-0.3, -0.25) is 9.78 Å². The molecule has 2 aromatic heterocycles. The van der Waals surface area contributed by atoms with Gasteiger partial charge in [0.25, 0.3) is 5.91 Å². The van der Waals surface area contributed by atoms with Crippen LogP contribution in [0.4, 0.5) is 5.69 Å².